The van der Waals surface area contributed by atoms with E-state index in [1.165, 1.54) is 5.56 Å². The SMILES string of the molecule is Cc1ccc(CN(C)C(=O)c2cn3ccc(C)cc3n2)cc1. The van der Waals surface area contributed by atoms with Gasteiger partial charge in [0.25, 0.3) is 5.91 Å². The fourth-order valence-corrected chi connectivity index (χ4v) is 2.42. The average molecular weight is 293 g/mol. The van der Waals surface area contributed by atoms with E-state index in [-0.39, 0.29) is 5.91 Å². The second kappa shape index (κ2) is 5.64. The van der Waals surface area contributed by atoms with Crippen LogP contribution in [-0.2, 0) is 6.54 Å². The molecule has 0 saturated carbocycles. The van der Waals surface area contributed by atoms with Crippen molar-refractivity contribution in [3.8, 4) is 0 Å². The summed E-state index contributed by atoms with van der Waals surface area (Å²) in [5.41, 5.74) is 4.73. The van der Waals surface area contributed by atoms with E-state index in [1.54, 1.807) is 18.1 Å². The highest BCUT2D eigenvalue weighted by molar-refractivity contribution is 5.92. The lowest BCUT2D eigenvalue weighted by molar-refractivity contribution is 0.0780. The zero-order chi connectivity index (χ0) is 15.7. The highest BCUT2D eigenvalue weighted by atomic mass is 16.2. The van der Waals surface area contributed by atoms with Gasteiger partial charge in [0.2, 0.25) is 0 Å². The molecule has 0 saturated heterocycles. The zero-order valence-corrected chi connectivity index (χ0v) is 13.1. The van der Waals surface area contributed by atoms with Crippen LogP contribution in [-0.4, -0.2) is 27.2 Å². The van der Waals surface area contributed by atoms with Crippen molar-refractivity contribution in [3.05, 3.63) is 71.2 Å². The monoisotopic (exact) mass is 293 g/mol. The second-order valence-electron chi connectivity index (χ2n) is 5.74. The minimum atomic E-state index is -0.0677. The van der Waals surface area contributed by atoms with Crippen LogP contribution >= 0.6 is 0 Å². The van der Waals surface area contributed by atoms with Gasteiger partial charge in [-0.3, -0.25) is 4.79 Å². The molecule has 0 spiro atoms. The molecule has 1 amide bonds. The number of carbonyl (C=O) groups is 1. The Hall–Kier alpha value is -2.62. The Morgan fingerprint density at radius 2 is 1.86 bits per heavy atom. The third kappa shape index (κ3) is 2.86. The number of aryl methyl sites for hydroxylation is 2. The van der Waals surface area contributed by atoms with Crippen LogP contribution in [0.1, 0.15) is 27.2 Å². The second-order valence-corrected chi connectivity index (χ2v) is 5.74. The Labute approximate surface area is 130 Å². The van der Waals surface area contributed by atoms with Gasteiger partial charge in [-0.25, -0.2) is 4.98 Å². The van der Waals surface area contributed by atoms with Gasteiger partial charge in [-0.15, -0.1) is 0 Å². The number of rotatable bonds is 3. The minimum absolute atomic E-state index is 0.0677. The molecule has 0 atom stereocenters. The Morgan fingerprint density at radius 1 is 1.14 bits per heavy atom. The first-order chi connectivity index (χ1) is 10.5. The van der Waals surface area contributed by atoms with E-state index < -0.39 is 0 Å². The lowest BCUT2D eigenvalue weighted by atomic mass is 10.1. The normalized spacial score (nSPS) is 10.9. The lowest BCUT2D eigenvalue weighted by Crippen LogP contribution is -2.26. The van der Waals surface area contributed by atoms with Gasteiger partial charge >= 0.3 is 0 Å². The Morgan fingerprint density at radius 3 is 2.59 bits per heavy atom. The van der Waals surface area contributed by atoms with E-state index in [0.29, 0.717) is 12.2 Å². The largest absolute Gasteiger partial charge is 0.336 e. The molecule has 2 heterocycles. The van der Waals surface area contributed by atoms with E-state index in [0.717, 1.165) is 16.8 Å². The molecule has 0 radical (unpaired) electrons. The van der Waals surface area contributed by atoms with Gasteiger partial charge in [0.1, 0.15) is 11.3 Å². The zero-order valence-electron chi connectivity index (χ0n) is 13.1. The molecule has 22 heavy (non-hydrogen) atoms. The molecular formula is C18H19N3O. The first-order valence-electron chi connectivity index (χ1n) is 7.29. The molecule has 2 aromatic heterocycles. The maximum atomic E-state index is 12.5. The van der Waals surface area contributed by atoms with Crippen LogP contribution in [0.15, 0.2) is 48.8 Å². The molecule has 4 nitrogen and oxygen atoms in total. The van der Waals surface area contributed by atoms with Gasteiger partial charge in [-0.2, -0.15) is 0 Å². The van der Waals surface area contributed by atoms with Crippen LogP contribution in [0.4, 0.5) is 0 Å². The van der Waals surface area contributed by atoms with E-state index in [1.807, 2.05) is 41.8 Å². The molecule has 0 aliphatic carbocycles. The fourth-order valence-electron chi connectivity index (χ4n) is 2.42. The van der Waals surface area contributed by atoms with Crippen LogP contribution in [0.3, 0.4) is 0 Å². The summed E-state index contributed by atoms with van der Waals surface area (Å²) in [6.45, 7) is 4.64. The fraction of sp³-hybridized carbons (Fsp3) is 0.222. The Kier molecular flexibility index (Phi) is 3.67. The molecule has 0 bridgehead atoms. The Balaban J connectivity index is 1.80. The number of aromatic nitrogens is 2. The van der Waals surface area contributed by atoms with Gasteiger partial charge in [-0.1, -0.05) is 29.8 Å². The third-order valence-corrected chi connectivity index (χ3v) is 3.72. The molecule has 3 aromatic rings. The van der Waals surface area contributed by atoms with Crippen molar-refractivity contribution in [2.24, 2.45) is 0 Å². The van der Waals surface area contributed by atoms with Crippen LogP contribution < -0.4 is 0 Å². The Bertz CT molecular complexity index is 818. The standard InChI is InChI=1S/C18H19N3O/c1-13-4-6-15(7-5-13)11-20(3)18(22)16-12-21-9-8-14(2)10-17(21)19-16/h4-10,12H,11H2,1-3H3. The highest BCUT2D eigenvalue weighted by Gasteiger charge is 2.15. The summed E-state index contributed by atoms with van der Waals surface area (Å²) < 4.78 is 1.87. The summed E-state index contributed by atoms with van der Waals surface area (Å²) in [4.78, 5) is 18.6. The molecule has 4 heteroatoms. The predicted molar refractivity (Wildman–Crippen MR) is 86.9 cm³/mol. The van der Waals surface area contributed by atoms with Gasteiger partial charge in [-0.05, 0) is 37.1 Å². The van der Waals surface area contributed by atoms with E-state index in [9.17, 15) is 4.79 Å². The number of hydrogen-bond donors (Lipinski definition) is 0. The summed E-state index contributed by atoms with van der Waals surface area (Å²) in [5.74, 6) is -0.0677. The summed E-state index contributed by atoms with van der Waals surface area (Å²) in [6, 6.07) is 12.2. The number of amides is 1. The van der Waals surface area contributed by atoms with E-state index in [4.69, 9.17) is 0 Å². The van der Waals surface area contributed by atoms with Crippen molar-refractivity contribution < 1.29 is 4.79 Å². The van der Waals surface area contributed by atoms with Gasteiger partial charge < -0.3 is 9.30 Å². The molecule has 112 valence electrons. The average Bonchev–Trinajstić information content (AvgIpc) is 2.91. The van der Waals surface area contributed by atoms with Crippen molar-refractivity contribution in [2.45, 2.75) is 20.4 Å². The molecule has 0 aliphatic rings. The molecule has 0 N–H and O–H groups in total. The number of fused-ring (bicyclic) bond motifs is 1. The molecular weight excluding hydrogens is 274 g/mol. The first kappa shape index (κ1) is 14.3. The van der Waals surface area contributed by atoms with Crippen molar-refractivity contribution in [1.82, 2.24) is 14.3 Å². The van der Waals surface area contributed by atoms with Crippen molar-refractivity contribution >= 4 is 11.6 Å². The van der Waals surface area contributed by atoms with Crippen molar-refractivity contribution in [1.29, 1.82) is 0 Å². The van der Waals surface area contributed by atoms with Crippen molar-refractivity contribution in [2.75, 3.05) is 7.05 Å². The van der Waals surface area contributed by atoms with Crippen LogP contribution in [0.25, 0.3) is 5.65 Å². The van der Waals surface area contributed by atoms with E-state index >= 15 is 0 Å². The highest BCUT2D eigenvalue weighted by Crippen LogP contribution is 2.12. The number of pyridine rings is 1. The predicted octanol–water partition coefficient (Wildman–Crippen LogP) is 3.22. The van der Waals surface area contributed by atoms with Crippen LogP contribution in [0.2, 0.25) is 0 Å². The van der Waals surface area contributed by atoms with Gasteiger partial charge in [0, 0.05) is 26.0 Å². The summed E-state index contributed by atoms with van der Waals surface area (Å²) in [5, 5.41) is 0. The lowest BCUT2D eigenvalue weighted by Gasteiger charge is -2.16. The number of hydrogen-bond acceptors (Lipinski definition) is 2. The first-order valence-corrected chi connectivity index (χ1v) is 7.29. The molecule has 0 aliphatic heterocycles. The van der Waals surface area contributed by atoms with E-state index in [2.05, 4.69) is 24.0 Å². The summed E-state index contributed by atoms with van der Waals surface area (Å²) >= 11 is 0. The quantitative estimate of drug-likeness (QED) is 0.743. The topological polar surface area (TPSA) is 37.6 Å². The number of imidazole rings is 1. The molecule has 3 rings (SSSR count). The maximum absolute atomic E-state index is 12.5. The van der Waals surface area contributed by atoms with Crippen molar-refractivity contribution in [3.63, 3.8) is 0 Å². The molecule has 0 unspecified atom stereocenters. The van der Waals surface area contributed by atoms with Gasteiger partial charge in [0.15, 0.2) is 0 Å². The third-order valence-electron chi connectivity index (χ3n) is 3.72. The maximum Gasteiger partial charge on any atom is 0.274 e. The minimum Gasteiger partial charge on any atom is -0.336 e. The number of benzene rings is 1. The smallest absolute Gasteiger partial charge is 0.274 e. The van der Waals surface area contributed by atoms with Gasteiger partial charge in [0.05, 0.1) is 0 Å². The number of carbonyl (C=O) groups excluding carboxylic acids is 1. The summed E-state index contributed by atoms with van der Waals surface area (Å²) in [7, 11) is 1.80. The number of nitrogens with zero attached hydrogens (tertiary/aromatic N) is 3. The molecule has 1 aromatic carbocycles. The van der Waals surface area contributed by atoms with Crippen LogP contribution in [0.5, 0.6) is 0 Å². The summed E-state index contributed by atoms with van der Waals surface area (Å²) in [6.07, 6.45) is 3.71. The van der Waals surface area contributed by atoms with Crippen LogP contribution in [0, 0.1) is 13.8 Å². The molecule has 0 fully saturated rings.